The van der Waals surface area contributed by atoms with Gasteiger partial charge in [-0.1, -0.05) is 0 Å². The lowest BCUT2D eigenvalue weighted by molar-refractivity contribution is -0.141. The molecule has 98 valence electrons. The van der Waals surface area contributed by atoms with Crippen molar-refractivity contribution in [2.24, 2.45) is 5.92 Å². The van der Waals surface area contributed by atoms with Crippen LogP contribution in [-0.4, -0.2) is 49.7 Å². The average Bonchev–Trinajstić information content (AvgIpc) is 2.40. The fourth-order valence-corrected chi connectivity index (χ4v) is 2.66. The molecule has 17 heavy (non-hydrogen) atoms. The van der Waals surface area contributed by atoms with Crippen LogP contribution >= 0.6 is 0 Å². The number of amides is 1. The Morgan fingerprint density at radius 3 is 2.65 bits per heavy atom. The summed E-state index contributed by atoms with van der Waals surface area (Å²) in [5.74, 6) is 0.422. The first kappa shape index (κ1) is 12.8. The number of likely N-dealkylation sites (tertiary alicyclic amines) is 1. The van der Waals surface area contributed by atoms with E-state index in [4.69, 9.17) is 4.74 Å². The average molecular weight is 240 g/mol. The van der Waals surface area contributed by atoms with Gasteiger partial charge in [0.15, 0.2) is 0 Å². The molecular weight excluding hydrogens is 216 g/mol. The van der Waals surface area contributed by atoms with E-state index in [-0.39, 0.29) is 11.5 Å². The van der Waals surface area contributed by atoms with Gasteiger partial charge in [-0.15, -0.1) is 0 Å². The molecule has 2 rings (SSSR count). The molecule has 1 N–H and O–H groups in total. The topological polar surface area (TPSA) is 41.6 Å². The minimum absolute atomic E-state index is 0.114. The van der Waals surface area contributed by atoms with Crippen LogP contribution in [0.2, 0.25) is 0 Å². The van der Waals surface area contributed by atoms with Crippen LogP contribution in [0.3, 0.4) is 0 Å². The van der Waals surface area contributed by atoms with E-state index in [1.807, 2.05) is 11.9 Å². The lowest BCUT2D eigenvalue weighted by Crippen LogP contribution is -2.53. The molecule has 2 saturated heterocycles. The second kappa shape index (κ2) is 5.36. The molecule has 0 aliphatic carbocycles. The number of ether oxygens (including phenoxy) is 1. The molecule has 0 radical (unpaired) electrons. The molecule has 2 aliphatic rings. The summed E-state index contributed by atoms with van der Waals surface area (Å²) >= 11 is 0. The summed E-state index contributed by atoms with van der Waals surface area (Å²) < 4.78 is 5.40. The lowest BCUT2D eigenvalue weighted by atomic mass is 9.89. The zero-order chi connectivity index (χ0) is 12.3. The summed E-state index contributed by atoms with van der Waals surface area (Å²) in [6.07, 6.45) is 4.11. The molecule has 0 aromatic rings. The zero-order valence-electron chi connectivity index (χ0n) is 11.0. The molecule has 4 heteroatoms. The van der Waals surface area contributed by atoms with Crippen LogP contribution in [-0.2, 0) is 9.53 Å². The van der Waals surface area contributed by atoms with Crippen molar-refractivity contribution in [3.8, 4) is 0 Å². The Bertz CT molecular complexity index is 267. The van der Waals surface area contributed by atoms with E-state index < -0.39 is 0 Å². The van der Waals surface area contributed by atoms with Crippen molar-refractivity contribution in [2.75, 3.05) is 33.4 Å². The summed E-state index contributed by atoms with van der Waals surface area (Å²) in [5, 5.41) is 3.36. The van der Waals surface area contributed by atoms with E-state index in [0.717, 1.165) is 45.4 Å². The molecule has 2 fully saturated rings. The van der Waals surface area contributed by atoms with Gasteiger partial charge in [0.2, 0.25) is 5.91 Å². The molecule has 0 spiro atoms. The molecule has 0 bridgehead atoms. The van der Waals surface area contributed by atoms with Gasteiger partial charge in [0, 0.05) is 25.2 Å². The number of nitrogens with one attached hydrogen (secondary N) is 1. The van der Waals surface area contributed by atoms with Gasteiger partial charge in [-0.3, -0.25) is 4.79 Å². The van der Waals surface area contributed by atoms with Crippen LogP contribution in [0, 0.1) is 5.92 Å². The maximum absolute atomic E-state index is 12.3. The largest absolute Gasteiger partial charge is 0.381 e. The van der Waals surface area contributed by atoms with Gasteiger partial charge < -0.3 is 15.0 Å². The molecule has 2 aliphatic heterocycles. The van der Waals surface area contributed by atoms with Crippen LogP contribution in [0.15, 0.2) is 0 Å². The number of hydrogen-bond acceptors (Lipinski definition) is 3. The van der Waals surface area contributed by atoms with Crippen LogP contribution in [0.5, 0.6) is 0 Å². The van der Waals surface area contributed by atoms with Crippen LogP contribution in [0.25, 0.3) is 0 Å². The first-order chi connectivity index (χ1) is 8.14. The Labute approximate surface area is 104 Å². The Hall–Kier alpha value is -0.610. The Morgan fingerprint density at radius 2 is 2.12 bits per heavy atom. The minimum Gasteiger partial charge on any atom is -0.381 e. The van der Waals surface area contributed by atoms with Crippen molar-refractivity contribution in [1.82, 2.24) is 10.2 Å². The Kier molecular flexibility index (Phi) is 4.05. The molecule has 0 aromatic heterocycles. The third-order valence-electron chi connectivity index (χ3n) is 4.29. The fraction of sp³-hybridized carbons (Fsp3) is 0.923. The molecule has 2 heterocycles. The van der Waals surface area contributed by atoms with E-state index in [9.17, 15) is 4.79 Å². The quantitative estimate of drug-likeness (QED) is 0.783. The number of piperidine rings is 1. The maximum atomic E-state index is 12.3. The summed E-state index contributed by atoms with van der Waals surface area (Å²) in [4.78, 5) is 14.3. The summed E-state index contributed by atoms with van der Waals surface area (Å²) in [5.41, 5.74) is 0.208. The highest BCUT2D eigenvalue weighted by atomic mass is 16.5. The molecule has 0 saturated carbocycles. The van der Waals surface area contributed by atoms with Crippen molar-refractivity contribution in [3.05, 3.63) is 0 Å². The standard InChI is InChI=1S/C13H24N2O2/c1-13(14-2)5-7-15(8-6-13)12(16)11-4-3-9-17-10-11/h11,14H,3-10H2,1-2H3. The first-order valence-corrected chi connectivity index (χ1v) is 6.70. The maximum Gasteiger partial charge on any atom is 0.228 e. The third kappa shape index (κ3) is 2.99. The van der Waals surface area contributed by atoms with Gasteiger partial charge in [-0.05, 0) is 39.7 Å². The second-order valence-electron chi connectivity index (χ2n) is 5.55. The summed E-state index contributed by atoms with van der Waals surface area (Å²) in [6, 6.07) is 0. The predicted molar refractivity (Wildman–Crippen MR) is 66.8 cm³/mol. The first-order valence-electron chi connectivity index (χ1n) is 6.70. The number of hydrogen-bond donors (Lipinski definition) is 1. The van der Waals surface area contributed by atoms with Gasteiger partial charge in [-0.25, -0.2) is 0 Å². The Morgan fingerprint density at radius 1 is 1.41 bits per heavy atom. The van der Waals surface area contributed by atoms with Gasteiger partial charge in [0.05, 0.1) is 12.5 Å². The SMILES string of the molecule is CNC1(C)CCN(C(=O)C2CCCOC2)CC1. The number of carbonyl (C=O) groups is 1. The molecule has 4 nitrogen and oxygen atoms in total. The highest BCUT2D eigenvalue weighted by Crippen LogP contribution is 2.24. The monoisotopic (exact) mass is 240 g/mol. The lowest BCUT2D eigenvalue weighted by Gasteiger charge is -2.40. The van der Waals surface area contributed by atoms with Crippen LogP contribution < -0.4 is 5.32 Å². The predicted octanol–water partition coefficient (Wildman–Crippen LogP) is 1.01. The van der Waals surface area contributed by atoms with Gasteiger partial charge in [0.25, 0.3) is 0 Å². The van der Waals surface area contributed by atoms with Crippen molar-refractivity contribution in [1.29, 1.82) is 0 Å². The molecule has 1 amide bonds. The number of carbonyl (C=O) groups excluding carboxylic acids is 1. The van der Waals surface area contributed by atoms with E-state index in [1.54, 1.807) is 0 Å². The normalized spacial score (nSPS) is 29.1. The second-order valence-corrected chi connectivity index (χ2v) is 5.55. The minimum atomic E-state index is 0.114. The van der Waals surface area contributed by atoms with E-state index >= 15 is 0 Å². The highest BCUT2D eigenvalue weighted by molar-refractivity contribution is 5.79. The van der Waals surface area contributed by atoms with Gasteiger partial charge >= 0.3 is 0 Å². The third-order valence-corrected chi connectivity index (χ3v) is 4.29. The Balaban J connectivity index is 1.85. The molecule has 0 aromatic carbocycles. The number of nitrogens with zero attached hydrogens (tertiary/aromatic N) is 1. The van der Waals surface area contributed by atoms with Crippen molar-refractivity contribution >= 4 is 5.91 Å². The highest BCUT2D eigenvalue weighted by Gasteiger charge is 2.33. The van der Waals surface area contributed by atoms with Crippen molar-refractivity contribution in [3.63, 3.8) is 0 Å². The fourth-order valence-electron chi connectivity index (χ4n) is 2.66. The summed E-state index contributed by atoms with van der Waals surface area (Å²) in [6.45, 7) is 5.44. The smallest absolute Gasteiger partial charge is 0.228 e. The van der Waals surface area contributed by atoms with Crippen molar-refractivity contribution in [2.45, 2.75) is 38.1 Å². The molecular formula is C13H24N2O2. The van der Waals surface area contributed by atoms with Crippen LogP contribution in [0.1, 0.15) is 32.6 Å². The molecule has 1 unspecified atom stereocenters. The number of rotatable bonds is 2. The molecule has 1 atom stereocenters. The van der Waals surface area contributed by atoms with E-state index in [2.05, 4.69) is 12.2 Å². The van der Waals surface area contributed by atoms with E-state index in [1.165, 1.54) is 0 Å². The summed E-state index contributed by atoms with van der Waals surface area (Å²) in [7, 11) is 2.01. The van der Waals surface area contributed by atoms with Gasteiger partial charge in [-0.2, -0.15) is 0 Å². The van der Waals surface area contributed by atoms with Crippen LogP contribution in [0.4, 0.5) is 0 Å². The van der Waals surface area contributed by atoms with E-state index in [0.29, 0.717) is 12.5 Å². The zero-order valence-corrected chi connectivity index (χ0v) is 11.0. The van der Waals surface area contributed by atoms with Gasteiger partial charge in [0.1, 0.15) is 0 Å². The van der Waals surface area contributed by atoms with Crippen molar-refractivity contribution < 1.29 is 9.53 Å².